The first-order valence-corrected chi connectivity index (χ1v) is 10.4. The van der Waals surface area contributed by atoms with Gasteiger partial charge in [0.1, 0.15) is 24.1 Å². The van der Waals surface area contributed by atoms with Gasteiger partial charge in [-0.2, -0.15) is 0 Å². The predicted octanol–water partition coefficient (Wildman–Crippen LogP) is 4.37. The van der Waals surface area contributed by atoms with E-state index in [1.165, 1.54) is 0 Å². The second-order valence-electron chi connectivity index (χ2n) is 7.29. The van der Waals surface area contributed by atoms with Crippen molar-refractivity contribution in [2.75, 3.05) is 13.7 Å². The fourth-order valence-electron chi connectivity index (χ4n) is 3.44. The van der Waals surface area contributed by atoms with Crippen molar-refractivity contribution in [2.45, 2.75) is 57.9 Å². The second kappa shape index (κ2) is 11.1. The summed E-state index contributed by atoms with van der Waals surface area (Å²) in [5, 5.41) is 0. The maximum Gasteiger partial charge on any atom is 0.338 e. The van der Waals surface area contributed by atoms with Crippen molar-refractivity contribution in [3.05, 3.63) is 65.7 Å². The molecular formula is C24H30O6. The lowest BCUT2D eigenvalue weighted by Gasteiger charge is -2.39. The highest BCUT2D eigenvalue weighted by Crippen LogP contribution is 2.26. The largest absolute Gasteiger partial charge is 0.496 e. The first-order chi connectivity index (χ1) is 14.6. The van der Waals surface area contributed by atoms with E-state index in [1.807, 2.05) is 49.4 Å². The Kier molecular flexibility index (Phi) is 8.25. The van der Waals surface area contributed by atoms with Crippen LogP contribution in [0.15, 0.2) is 54.6 Å². The number of esters is 1. The first-order valence-electron chi connectivity index (χ1n) is 10.4. The van der Waals surface area contributed by atoms with Crippen LogP contribution in [0, 0.1) is 0 Å². The Bertz CT molecular complexity index is 793. The van der Waals surface area contributed by atoms with Crippen LogP contribution in [0.1, 0.15) is 42.6 Å². The summed E-state index contributed by atoms with van der Waals surface area (Å²) in [7, 11) is 1.63. The molecule has 1 saturated heterocycles. The third-order valence-corrected chi connectivity index (χ3v) is 5.06. The number of methoxy groups -OCH3 is 1. The topological polar surface area (TPSA) is 63.2 Å². The SMILES string of the molecule is CCC[C@H]1OC[C@@H](OCc2ccccc2OC)[C@@H](C(C)OC(=O)c2ccccc2)O1. The molecule has 0 N–H and O–H groups in total. The summed E-state index contributed by atoms with van der Waals surface area (Å²) >= 11 is 0. The number of carbonyl (C=O) groups excluding carboxylic acids is 1. The summed E-state index contributed by atoms with van der Waals surface area (Å²) in [6, 6.07) is 16.6. The number of ether oxygens (including phenoxy) is 5. The molecule has 0 aromatic heterocycles. The number of carbonyl (C=O) groups is 1. The second-order valence-corrected chi connectivity index (χ2v) is 7.29. The van der Waals surface area contributed by atoms with E-state index < -0.39 is 12.2 Å². The summed E-state index contributed by atoms with van der Waals surface area (Å²) < 4.78 is 29.2. The van der Waals surface area contributed by atoms with Crippen molar-refractivity contribution in [3.63, 3.8) is 0 Å². The van der Waals surface area contributed by atoms with Crippen LogP contribution in [0.2, 0.25) is 0 Å². The Morgan fingerprint density at radius 1 is 1.13 bits per heavy atom. The molecule has 2 aromatic carbocycles. The van der Waals surface area contributed by atoms with Gasteiger partial charge in [-0.15, -0.1) is 0 Å². The van der Waals surface area contributed by atoms with Gasteiger partial charge in [0.2, 0.25) is 0 Å². The molecule has 1 aliphatic heterocycles. The predicted molar refractivity (Wildman–Crippen MR) is 112 cm³/mol. The maximum absolute atomic E-state index is 12.5. The van der Waals surface area contributed by atoms with E-state index in [-0.39, 0.29) is 18.4 Å². The number of para-hydroxylation sites is 1. The zero-order valence-corrected chi connectivity index (χ0v) is 17.8. The van der Waals surface area contributed by atoms with Crippen LogP contribution in [0.4, 0.5) is 0 Å². The van der Waals surface area contributed by atoms with Gasteiger partial charge in [0.05, 0.1) is 25.9 Å². The third kappa shape index (κ3) is 5.81. The van der Waals surface area contributed by atoms with Crippen LogP contribution in [0.3, 0.4) is 0 Å². The molecule has 30 heavy (non-hydrogen) atoms. The fraction of sp³-hybridized carbons (Fsp3) is 0.458. The van der Waals surface area contributed by atoms with Crippen molar-refractivity contribution >= 4 is 5.97 Å². The lowest BCUT2D eigenvalue weighted by molar-refractivity contribution is -0.280. The molecule has 0 spiro atoms. The molecule has 2 aromatic rings. The molecule has 1 heterocycles. The van der Waals surface area contributed by atoms with Gasteiger partial charge in [0.25, 0.3) is 0 Å². The van der Waals surface area contributed by atoms with Gasteiger partial charge >= 0.3 is 5.97 Å². The Balaban J connectivity index is 1.68. The van der Waals surface area contributed by atoms with Crippen LogP contribution < -0.4 is 4.74 Å². The van der Waals surface area contributed by atoms with Gasteiger partial charge in [-0.25, -0.2) is 4.79 Å². The van der Waals surface area contributed by atoms with Crippen molar-refractivity contribution in [1.29, 1.82) is 0 Å². The Labute approximate surface area is 178 Å². The monoisotopic (exact) mass is 414 g/mol. The summed E-state index contributed by atoms with van der Waals surface area (Å²) in [6.07, 6.45) is 0.0732. The van der Waals surface area contributed by atoms with Gasteiger partial charge in [-0.3, -0.25) is 0 Å². The molecule has 6 heteroatoms. The highest BCUT2D eigenvalue weighted by Gasteiger charge is 2.38. The van der Waals surface area contributed by atoms with Gasteiger partial charge in [-0.1, -0.05) is 49.7 Å². The zero-order chi connectivity index (χ0) is 21.3. The summed E-state index contributed by atoms with van der Waals surface area (Å²) in [6.45, 7) is 4.62. The molecule has 1 unspecified atom stereocenters. The lowest BCUT2D eigenvalue weighted by atomic mass is 10.1. The van der Waals surface area contributed by atoms with Crippen LogP contribution in [-0.4, -0.2) is 44.3 Å². The van der Waals surface area contributed by atoms with Crippen LogP contribution in [-0.2, 0) is 25.6 Å². The minimum absolute atomic E-state index is 0.330. The molecule has 1 fully saturated rings. The van der Waals surface area contributed by atoms with Gasteiger partial charge in [0, 0.05) is 5.56 Å². The average Bonchev–Trinajstić information content (AvgIpc) is 2.79. The molecule has 1 aliphatic rings. The normalized spacial score (nSPS) is 22.3. The van der Waals surface area contributed by atoms with Gasteiger partial charge < -0.3 is 23.7 Å². The Hall–Kier alpha value is -2.41. The summed E-state index contributed by atoms with van der Waals surface area (Å²) in [4.78, 5) is 12.5. The van der Waals surface area contributed by atoms with E-state index in [0.717, 1.165) is 24.2 Å². The van der Waals surface area contributed by atoms with E-state index >= 15 is 0 Å². The minimum Gasteiger partial charge on any atom is -0.496 e. The Morgan fingerprint density at radius 2 is 1.87 bits per heavy atom. The third-order valence-electron chi connectivity index (χ3n) is 5.06. The summed E-state index contributed by atoms with van der Waals surface area (Å²) in [5.41, 5.74) is 1.44. The summed E-state index contributed by atoms with van der Waals surface area (Å²) in [5.74, 6) is 0.382. The molecule has 0 aliphatic carbocycles. The van der Waals surface area contributed by atoms with E-state index in [9.17, 15) is 4.79 Å². The number of hydrogen-bond acceptors (Lipinski definition) is 6. The fourth-order valence-corrected chi connectivity index (χ4v) is 3.44. The Morgan fingerprint density at radius 3 is 2.60 bits per heavy atom. The van der Waals surface area contributed by atoms with Crippen molar-refractivity contribution in [2.24, 2.45) is 0 Å². The van der Waals surface area contributed by atoms with E-state index in [2.05, 4.69) is 6.92 Å². The maximum atomic E-state index is 12.5. The molecular weight excluding hydrogens is 384 g/mol. The lowest BCUT2D eigenvalue weighted by Crippen LogP contribution is -2.51. The molecule has 3 rings (SSSR count). The minimum atomic E-state index is -0.497. The van der Waals surface area contributed by atoms with E-state index in [1.54, 1.807) is 19.2 Å². The average molecular weight is 414 g/mol. The van der Waals surface area contributed by atoms with Crippen molar-refractivity contribution in [3.8, 4) is 5.75 Å². The van der Waals surface area contributed by atoms with E-state index in [4.69, 9.17) is 23.7 Å². The van der Waals surface area contributed by atoms with Gasteiger partial charge in [-0.05, 0) is 31.5 Å². The molecule has 162 valence electrons. The van der Waals surface area contributed by atoms with E-state index in [0.29, 0.717) is 18.8 Å². The molecule has 0 radical (unpaired) electrons. The van der Waals surface area contributed by atoms with Crippen molar-refractivity contribution < 1.29 is 28.5 Å². The molecule has 0 amide bonds. The molecule has 0 bridgehead atoms. The molecule has 0 saturated carbocycles. The van der Waals surface area contributed by atoms with Gasteiger partial charge in [0.15, 0.2) is 6.29 Å². The van der Waals surface area contributed by atoms with Crippen molar-refractivity contribution in [1.82, 2.24) is 0 Å². The van der Waals surface area contributed by atoms with Crippen LogP contribution in [0.25, 0.3) is 0 Å². The number of benzene rings is 2. The first kappa shape index (κ1) is 22.3. The smallest absolute Gasteiger partial charge is 0.338 e. The van der Waals surface area contributed by atoms with Crippen LogP contribution in [0.5, 0.6) is 5.75 Å². The number of hydrogen-bond donors (Lipinski definition) is 0. The highest BCUT2D eigenvalue weighted by molar-refractivity contribution is 5.89. The highest BCUT2D eigenvalue weighted by atomic mass is 16.7. The quantitative estimate of drug-likeness (QED) is 0.568. The molecule has 6 nitrogen and oxygen atoms in total. The van der Waals surface area contributed by atoms with Crippen LogP contribution >= 0.6 is 0 Å². The zero-order valence-electron chi connectivity index (χ0n) is 17.8. The molecule has 4 atom stereocenters. The number of rotatable bonds is 9. The standard InChI is InChI=1S/C24H30O6/c1-4-10-22-28-16-21(27-15-19-13-8-9-14-20(19)26-3)23(30-22)17(2)29-24(25)18-11-6-5-7-12-18/h5-9,11-14,17,21-23H,4,10,15-16H2,1-3H3/t17?,21-,22+,23-/m1/s1.